The van der Waals surface area contributed by atoms with Crippen molar-refractivity contribution in [1.29, 1.82) is 0 Å². The predicted octanol–water partition coefficient (Wildman–Crippen LogP) is 4.70. The largest absolute Gasteiger partial charge is 0.495 e. The van der Waals surface area contributed by atoms with Gasteiger partial charge in [0.2, 0.25) is 21.8 Å². The van der Waals surface area contributed by atoms with E-state index in [0.717, 1.165) is 31.7 Å². The van der Waals surface area contributed by atoms with Crippen LogP contribution in [-0.4, -0.2) is 57.1 Å². The molecule has 40 heavy (non-hydrogen) atoms. The summed E-state index contributed by atoms with van der Waals surface area (Å²) in [5, 5.41) is 2.94. The van der Waals surface area contributed by atoms with Crippen molar-refractivity contribution in [3.63, 3.8) is 0 Å². The number of rotatable bonds is 12. The van der Waals surface area contributed by atoms with Crippen molar-refractivity contribution in [3.05, 3.63) is 94.0 Å². The molecule has 0 fully saturated rings. The van der Waals surface area contributed by atoms with Crippen molar-refractivity contribution < 1.29 is 22.7 Å². The lowest BCUT2D eigenvalue weighted by Crippen LogP contribution is -2.54. The molecule has 0 spiro atoms. The van der Waals surface area contributed by atoms with Crippen LogP contribution < -0.4 is 14.4 Å². The lowest BCUT2D eigenvalue weighted by molar-refractivity contribution is -0.140. The fourth-order valence-electron chi connectivity index (χ4n) is 4.31. The van der Waals surface area contributed by atoms with Gasteiger partial charge in [0.15, 0.2) is 0 Å². The summed E-state index contributed by atoms with van der Waals surface area (Å²) < 4.78 is 33.4. The number of nitrogens with zero attached hydrogens (tertiary/aromatic N) is 2. The maximum Gasteiger partial charge on any atom is 0.244 e. The second-order valence-electron chi connectivity index (χ2n) is 9.96. The average Bonchev–Trinajstić information content (AvgIpc) is 2.89. The molecule has 0 aromatic heterocycles. The molecule has 3 aromatic carbocycles. The predicted molar refractivity (Wildman–Crippen MR) is 162 cm³/mol. The van der Waals surface area contributed by atoms with Gasteiger partial charge in [0.05, 0.1) is 19.1 Å². The number of methoxy groups -OCH3 is 1. The molecule has 0 aliphatic rings. The van der Waals surface area contributed by atoms with Crippen LogP contribution in [0.1, 0.15) is 30.5 Å². The molecule has 0 bridgehead atoms. The number of hydrogen-bond donors (Lipinski definition) is 1. The summed E-state index contributed by atoms with van der Waals surface area (Å²) in [6.45, 7) is 5.14. The van der Waals surface area contributed by atoms with E-state index in [9.17, 15) is 18.0 Å². The molecule has 0 unspecified atom stereocenters. The van der Waals surface area contributed by atoms with Gasteiger partial charge in [-0.3, -0.25) is 13.9 Å². The van der Waals surface area contributed by atoms with Gasteiger partial charge in [0.25, 0.3) is 0 Å². The van der Waals surface area contributed by atoms with E-state index in [0.29, 0.717) is 5.75 Å². The molecule has 0 aliphatic carbocycles. The molecule has 1 atom stereocenters. The van der Waals surface area contributed by atoms with Gasteiger partial charge in [-0.2, -0.15) is 0 Å². The lowest BCUT2D eigenvalue weighted by Gasteiger charge is -2.34. The van der Waals surface area contributed by atoms with Crippen molar-refractivity contribution in [2.24, 2.45) is 0 Å². The number of benzene rings is 3. The Morgan fingerprint density at radius 3 is 2.20 bits per heavy atom. The van der Waals surface area contributed by atoms with Gasteiger partial charge in [0, 0.05) is 23.5 Å². The molecular formula is C30H36BrN3O5S. The van der Waals surface area contributed by atoms with E-state index in [2.05, 4.69) is 21.2 Å². The van der Waals surface area contributed by atoms with E-state index in [-0.39, 0.29) is 30.6 Å². The minimum Gasteiger partial charge on any atom is -0.495 e. The Balaban J connectivity index is 2.09. The Kier molecular flexibility index (Phi) is 10.8. The number of carbonyl (C=O) groups excluding carboxylic acids is 2. The van der Waals surface area contributed by atoms with Crippen molar-refractivity contribution in [3.8, 4) is 5.75 Å². The summed E-state index contributed by atoms with van der Waals surface area (Å²) in [7, 11) is -2.45. The summed E-state index contributed by atoms with van der Waals surface area (Å²) >= 11 is 3.43. The molecule has 3 aromatic rings. The van der Waals surface area contributed by atoms with Gasteiger partial charge in [-0.25, -0.2) is 8.42 Å². The van der Waals surface area contributed by atoms with Gasteiger partial charge in [0.1, 0.15) is 18.3 Å². The van der Waals surface area contributed by atoms with Gasteiger partial charge < -0.3 is 15.0 Å². The lowest BCUT2D eigenvalue weighted by atomic mass is 10.0. The standard InChI is InChI=1S/C30H36BrN3O5S/c1-21(2)32-30(36)27(18-23-9-7-6-8-10-23)33(19-24-12-14-25(31)15-13-24)29(35)20-34(40(5,37)38)26-17-22(3)11-16-28(26)39-4/h6-17,21,27H,18-20H2,1-5H3,(H,32,36)/t27-/m1/s1. The summed E-state index contributed by atoms with van der Waals surface area (Å²) in [6.07, 6.45) is 1.31. The first-order valence-electron chi connectivity index (χ1n) is 12.9. The number of anilines is 1. The molecule has 0 heterocycles. The molecule has 0 radical (unpaired) electrons. The summed E-state index contributed by atoms with van der Waals surface area (Å²) in [5.74, 6) is -0.512. The second kappa shape index (κ2) is 13.8. The summed E-state index contributed by atoms with van der Waals surface area (Å²) in [6, 6.07) is 21.0. The van der Waals surface area contributed by atoms with Crippen LogP contribution in [0.4, 0.5) is 5.69 Å². The van der Waals surface area contributed by atoms with E-state index in [4.69, 9.17) is 4.74 Å². The third-order valence-electron chi connectivity index (χ3n) is 6.25. The van der Waals surface area contributed by atoms with Crippen LogP contribution in [-0.2, 0) is 32.6 Å². The Morgan fingerprint density at radius 1 is 0.975 bits per heavy atom. The Morgan fingerprint density at radius 2 is 1.62 bits per heavy atom. The van der Waals surface area contributed by atoms with Crippen molar-refractivity contribution in [1.82, 2.24) is 10.2 Å². The highest BCUT2D eigenvalue weighted by atomic mass is 79.9. The van der Waals surface area contributed by atoms with E-state index in [1.807, 2.05) is 75.4 Å². The van der Waals surface area contributed by atoms with Crippen LogP contribution in [0.15, 0.2) is 77.3 Å². The number of aryl methyl sites for hydroxylation is 1. The molecular weight excluding hydrogens is 594 g/mol. The van der Waals surface area contributed by atoms with Gasteiger partial charge in [-0.15, -0.1) is 0 Å². The van der Waals surface area contributed by atoms with Crippen molar-refractivity contribution >= 4 is 43.5 Å². The minimum atomic E-state index is -3.90. The first kappa shape index (κ1) is 31.2. The quantitative estimate of drug-likeness (QED) is 0.313. The van der Waals surface area contributed by atoms with Crippen molar-refractivity contribution in [2.75, 3.05) is 24.2 Å². The topological polar surface area (TPSA) is 96.0 Å². The number of amides is 2. The number of carbonyl (C=O) groups is 2. The zero-order chi connectivity index (χ0) is 29.4. The fourth-order valence-corrected chi connectivity index (χ4v) is 5.42. The molecule has 8 nitrogen and oxygen atoms in total. The number of sulfonamides is 1. The van der Waals surface area contributed by atoms with Gasteiger partial charge in [-0.1, -0.05) is 64.5 Å². The van der Waals surface area contributed by atoms with Crippen LogP contribution in [0.2, 0.25) is 0 Å². The molecule has 10 heteroatoms. The van der Waals surface area contributed by atoms with Crippen LogP contribution >= 0.6 is 15.9 Å². The van der Waals surface area contributed by atoms with E-state index in [1.54, 1.807) is 18.2 Å². The minimum absolute atomic E-state index is 0.109. The second-order valence-corrected chi connectivity index (χ2v) is 12.8. The van der Waals surface area contributed by atoms with Crippen LogP contribution in [0.25, 0.3) is 0 Å². The summed E-state index contributed by atoms with van der Waals surface area (Å²) in [5.41, 5.74) is 2.74. The highest BCUT2D eigenvalue weighted by molar-refractivity contribution is 9.10. The molecule has 0 aliphatic heterocycles. The molecule has 2 amide bonds. The molecule has 0 saturated heterocycles. The maximum atomic E-state index is 14.1. The van der Waals surface area contributed by atoms with E-state index < -0.39 is 28.5 Å². The molecule has 1 N–H and O–H groups in total. The normalized spacial score (nSPS) is 12.1. The first-order chi connectivity index (χ1) is 18.9. The first-order valence-corrected chi connectivity index (χ1v) is 15.5. The van der Waals surface area contributed by atoms with Crippen LogP contribution in [0, 0.1) is 6.92 Å². The number of hydrogen-bond acceptors (Lipinski definition) is 5. The highest BCUT2D eigenvalue weighted by Gasteiger charge is 2.34. The molecule has 214 valence electrons. The van der Waals surface area contributed by atoms with Crippen molar-refractivity contribution in [2.45, 2.75) is 45.8 Å². The smallest absolute Gasteiger partial charge is 0.244 e. The Labute approximate surface area is 245 Å². The van der Waals surface area contributed by atoms with Crippen LogP contribution in [0.3, 0.4) is 0 Å². The van der Waals surface area contributed by atoms with E-state index in [1.165, 1.54) is 12.0 Å². The fraction of sp³-hybridized carbons (Fsp3) is 0.333. The monoisotopic (exact) mass is 629 g/mol. The number of ether oxygens (including phenoxy) is 1. The third kappa shape index (κ3) is 8.56. The Hall–Kier alpha value is -3.37. The maximum absolute atomic E-state index is 14.1. The average molecular weight is 631 g/mol. The van der Waals surface area contributed by atoms with Crippen LogP contribution in [0.5, 0.6) is 5.75 Å². The van der Waals surface area contributed by atoms with Gasteiger partial charge >= 0.3 is 0 Å². The SMILES string of the molecule is COc1ccc(C)cc1N(CC(=O)N(Cc1ccc(Br)cc1)[C@H](Cc1ccccc1)C(=O)NC(C)C)S(C)(=O)=O. The van der Waals surface area contributed by atoms with E-state index >= 15 is 0 Å². The summed E-state index contributed by atoms with van der Waals surface area (Å²) in [4.78, 5) is 29.2. The number of nitrogens with one attached hydrogen (secondary N) is 1. The highest BCUT2D eigenvalue weighted by Crippen LogP contribution is 2.31. The number of halogens is 1. The Bertz CT molecular complexity index is 1410. The zero-order valence-electron chi connectivity index (χ0n) is 23.4. The zero-order valence-corrected chi connectivity index (χ0v) is 25.8. The molecule has 3 rings (SSSR count). The third-order valence-corrected chi connectivity index (χ3v) is 7.91. The van der Waals surface area contributed by atoms with Gasteiger partial charge in [-0.05, 0) is 61.7 Å². The molecule has 0 saturated carbocycles.